The van der Waals surface area contributed by atoms with Crippen molar-refractivity contribution in [2.75, 3.05) is 0 Å². The van der Waals surface area contributed by atoms with Crippen LogP contribution in [0.5, 0.6) is 0 Å². The molecule has 0 aliphatic heterocycles. The van der Waals surface area contributed by atoms with Gasteiger partial charge in [0.15, 0.2) is 5.78 Å². The van der Waals surface area contributed by atoms with Gasteiger partial charge < -0.3 is 4.98 Å². The van der Waals surface area contributed by atoms with Gasteiger partial charge in [0.1, 0.15) is 5.65 Å². The molecule has 1 aliphatic rings. The second-order valence-electron chi connectivity index (χ2n) is 8.78. The second kappa shape index (κ2) is 7.51. The van der Waals surface area contributed by atoms with Crippen molar-refractivity contribution in [3.05, 3.63) is 114 Å². The summed E-state index contributed by atoms with van der Waals surface area (Å²) in [6.07, 6.45) is 3.98. The first-order valence-electron chi connectivity index (χ1n) is 11.4. The third-order valence-electron chi connectivity index (χ3n) is 6.92. The minimum Gasteiger partial charge on any atom is -0.346 e. The molecule has 3 heterocycles. The summed E-state index contributed by atoms with van der Waals surface area (Å²) >= 11 is 1.83. The maximum absolute atomic E-state index is 13.6. The van der Waals surface area contributed by atoms with E-state index in [2.05, 4.69) is 82.8 Å². The van der Waals surface area contributed by atoms with Crippen LogP contribution in [0.4, 0.5) is 0 Å². The molecule has 1 atom stereocenters. The maximum atomic E-state index is 13.6. The summed E-state index contributed by atoms with van der Waals surface area (Å²) in [7, 11) is 0. The molecule has 0 amide bonds. The Kier molecular flexibility index (Phi) is 4.29. The Hall–Kier alpha value is -4.02. The summed E-state index contributed by atoms with van der Waals surface area (Å²) in [5.41, 5.74) is 7.72. The zero-order valence-electron chi connectivity index (χ0n) is 18.3. The van der Waals surface area contributed by atoms with Crippen molar-refractivity contribution in [1.29, 1.82) is 0 Å². The lowest BCUT2D eigenvalue weighted by molar-refractivity contribution is 0.0979. The first-order valence-corrected chi connectivity index (χ1v) is 12.3. The van der Waals surface area contributed by atoms with E-state index in [1.807, 2.05) is 29.7 Å². The quantitative estimate of drug-likeness (QED) is 0.275. The smallest absolute Gasteiger partial charge is 0.164 e. The number of aromatic nitrogens is 2. The van der Waals surface area contributed by atoms with Gasteiger partial charge in [-0.2, -0.15) is 0 Å². The van der Waals surface area contributed by atoms with Crippen LogP contribution in [-0.4, -0.2) is 15.8 Å². The molecule has 0 spiro atoms. The van der Waals surface area contributed by atoms with Gasteiger partial charge in [0.25, 0.3) is 0 Å². The number of hydrogen-bond acceptors (Lipinski definition) is 3. The third kappa shape index (κ3) is 2.89. The SMILES string of the molecule is O=C(CC1c2ccccc2-c2c(-c3cc4ccccc4s3)cccc21)c1ccnc2[nH]ccc12. The Morgan fingerprint density at radius 2 is 1.71 bits per heavy atom. The number of nitrogens with one attached hydrogen (secondary N) is 1. The second-order valence-corrected chi connectivity index (χ2v) is 9.87. The van der Waals surface area contributed by atoms with E-state index in [0.29, 0.717) is 6.42 Å². The van der Waals surface area contributed by atoms with Gasteiger partial charge in [0, 0.05) is 45.3 Å². The molecule has 3 aromatic heterocycles. The van der Waals surface area contributed by atoms with Crippen molar-refractivity contribution in [1.82, 2.24) is 9.97 Å². The predicted octanol–water partition coefficient (Wildman–Crippen LogP) is 7.83. The van der Waals surface area contributed by atoms with Crippen LogP contribution in [-0.2, 0) is 0 Å². The van der Waals surface area contributed by atoms with E-state index in [-0.39, 0.29) is 11.7 Å². The summed E-state index contributed by atoms with van der Waals surface area (Å²) in [4.78, 5) is 22.3. The highest BCUT2D eigenvalue weighted by atomic mass is 32.1. The Balaban J connectivity index is 1.36. The van der Waals surface area contributed by atoms with Crippen LogP contribution >= 0.6 is 11.3 Å². The fourth-order valence-electron chi connectivity index (χ4n) is 5.40. The highest BCUT2D eigenvalue weighted by molar-refractivity contribution is 7.22. The highest BCUT2D eigenvalue weighted by Crippen LogP contribution is 2.51. The maximum Gasteiger partial charge on any atom is 0.164 e. The van der Waals surface area contributed by atoms with Crippen LogP contribution in [0, 0.1) is 0 Å². The number of carbonyl (C=O) groups excluding carboxylic acids is 1. The summed E-state index contributed by atoms with van der Waals surface area (Å²) in [5, 5.41) is 2.16. The number of ketones is 1. The lowest BCUT2D eigenvalue weighted by atomic mass is 9.89. The number of H-pyrrole nitrogens is 1. The molecule has 3 nitrogen and oxygen atoms in total. The number of fused-ring (bicyclic) bond motifs is 5. The molecule has 34 heavy (non-hydrogen) atoms. The fourth-order valence-corrected chi connectivity index (χ4v) is 6.49. The van der Waals surface area contributed by atoms with Crippen LogP contribution in [0.1, 0.15) is 33.8 Å². The number of pyridine rings is 1. The average molecular weight is 457 g/mol. The Labute approximate surface area is 200 Å². The molecule has 6 aromatic rings. The molecule has 162 valence electrons. The molecular weight excluding hydrogens is 436 g/mol. The molecule has 3 aromatic carbocycles. The van der Waals surface area contributed by atoms with Crippen LogP contribution in [0.2, 0.25) is 0 Å². The summed E-state index contributed by atoms with van der Waals surface area (Å²) in [6, 6.07) is 29.7. The zero-order chi connectivity index (χ0) is 22.6. The van der Waals surface area contributed by atoms with Gasteiger partial charge >= 0.3 is 0 Å². The van der Waals surface area contributed by atoms with Crippen molar-refractivity contribution >= 4 is 38.2 Å². The highest BCUT2D eigenvalue weighted by Gasteiger charge is 2.32. The molecule has 0 bridgehead atoms. The van der Waals surface area contributed by atoms with E-state index in [9.17, 15) is 4.79 Å². The zero-order valence-corrected chi connectivity index (χ0v) is 19.1. The van der Waals surface area contributed by atoms with Gasteiger partial charge in [0.2, 0.25) is 0 Å². The van der Waals surface area contributed by atoms with Crippen LogP contribution in [0.3, 0.4) is 0 Å². The van der Waals surface area contributed by atoms with Crippen molar-refractivity contribution in [3.8, 4) is 21.6 Å². The first kappa shape index (κ1) is 19.4. The molecular formula is C30H20N2OS. The Bertz CT molecular complexity index is 1690. The van der Waals surface area contributed by atoms with E-state index in [4.69, 9.17) is 0 Å². The summed E-state index contributed by atoms with van der Waals surface area (Å²) < 4.78 is 1.29. The van der Waals surface area contributed by atoms with Gasteiger partial charge in [-0.15, -0.1) is 11.3 Å². The van der Waals surface area contributed by atoms with E-state index in [1.165, 1.54) is 42.8 Å². The number of carbonyl (C=O) groups is 1. The first-order chi connectivity index (χ1) is 16.8. The van der Waals surface area contributed by atoms with Crippen molar-refractivity contribution < 1.29 is 4.79 Å². The number of benzene rings is 3. The molecule has 1 N–H and O–H groups in total. The largest absolute Gasteiger partial charge is 0.346 e. The molecule has 0 saturated heterocycles. The van der Waals surface area contributed by atoms with Crippen molar-refractivity contribution in [2.24, 2.45) is 0 Å². The molecule has 1 unspecified atom stereocenters. The monoisotopic (exact) mass is 456 g/mol. The van der Waals surface area contributed by atoms with Crippen molar-refractivity contribution in [3.63, 3.8) is 0 Å². The summed E-state index contributed by atoms with van der Waals surface area (Å²) in [6.45, 7) is 0. The number of nitrogens with zero attached hydrogens (tertiary/aromatic N) is 1. The lowest BCUT2D eigenvalue weighted by Gasteiger charge is -2.14. The lowest BCUT2D eigenvalue weighted by Crippen LogP contribution is -2.07. The minimum absolute atomic E-state index is 0.0372. The van der Waals surface area contributed by atoms with Gasteiger partial charge in [-0.05, 0) is 57.5 Å². The minimum atomic E-state index is 0.0372. The number of thiophene rings is 1. The Morgan fingerprint density at radius 1 is 0.882 bits per heavy atom. The molecule has 0 saturated carbocycles. The normalized spacial score (nSPS) is 14.4. The summed E-state index contributed by atoms with van der Waals surface area (Å²) in [5.74, 6) is 0.183. The van der Waals surface area contributed by atoms with Gasteiger partial charge in [-0.1, -0.05) is 60.7 Å². The fraction of sp³-hybridized carbons (Fsp3) is 0.0667. The average Bonchev–Trinajstić information content (AvgIpc) is 3.60. The van der Waals surface area contributed by atoms with Crippen LogP contribution in [0.15, 0.2) is 97.3 Å². The van der Waals surface area contributed by atoms with Crippen molar-refractivity contribution in [2.45, 2.75) is 12.3 Å². The number of rotatable bonds is 4. The number of hydrogen-bond donors (Lipinski definition) is 1. The molecule has 4 heteroatoms. The van der Waals surface area contributed by atoms with E-state index < -0.39 is 0 Å². The van der Waals surface area contributed by atoms with E-state index in [0.717, 1.165) is 16.6 Å². The molecule has 0 fully saturated rings. The molecule has 7 rings (SSSR count). The van der Waals surface area contributed by atoms with Crippen LogP contribution in [0.25, 0.3) is 42.7 Å². The molecule has 0 radical (unpaired) electrons. The number of Topliss-reactive ketones (excluding diaryl/α,β-unsaturated/α-hetero) is 1. The topological polar surface area (TPSA) is 45.8 Å². The third-order valence-corrected chi connectivity index (χ3v) is 8.07. The Morgan fingerprint density at radius 3 is 2.65 bits per heavy atom. The number of aromatic amines is 1. The van der Waals surface area contributed by atoms with Crippen LogP contribution < -0.4 is 0 Å². The predicted molar refractivity (Wildman–Crippen MR) is 140 cm³/mol. The van der Waals surface area contributed by atoms with Gasteiger partial charge in [-0.25, -0.2) is 4.98 Å². The standard InChI is InChI=1S/C30H20N2OS/c33-26(20-12-14-31-30-23(20)13-15-32-30)17-25-19-7-2-3-8-21(19)29-22(25)9-5-10-24(29)28-16-18-6-1-4-11-27(18)34-28/h1-16,25H,17H2,(H,31,32). The van der Waals surface area contributed by atoms with E-state index in [1.54, 1.807) is 6.20 Å². The van der Waals surface area contributed by atoms with Gasteiger partial charge in [-0.3, -0.25) is 4.79 Å². The van der Waals surface area contributed by atoms with E-state index >= 15 is 0 Å². The van der Waals surface area contributed by atoms with Gasteiger partial charge in [0.05, 0.1) is 0 Å². The molecule has 1 aliphatic carbocycles.